The van der Waals surface area contributed by atoms with Gasteiger partial charge in [-0.2, -0.15) is 0 Å². The molecule has 2 rings (SSSR count). The van der Waals surface area contributed by atoms with Gasteiger partial charge in [-0.25, -0.2) is 4.79 Å². The second-order valence-corrected chi connectivity index (χ2v) is 5.75. The third-order valence-corrected chi connectivity index (χ3v) is 3.77. The summed E-state index contributed by atoms with van der Waals surface area (Å²) in [6.45, 7) is 5.69. The summed E-state index contributed by atoms with van der Waals surface area (Å²) in [5.74, 6) is -0.489. The number of carbonyl (C=O) groups is 2. The van der Waals surface area contributed by atoms with Crippen LogP contribution in [0.2, 0.25) is 0 Å². The molecule has 0 aromatic heterocycles. The second kappa shape index (κ2) is 7.82. The summed E-state index contributed by atoms with van der Waals surface area (Å²) >= 11 is 0. The minimum atomic E-state index is -0.358. The van der Waals surface area contributed by atoms with Crippen molar-refractivity contribution in [2.75, 3.05) is 24.5 Å². The van der Waals surface area contributed by atoms with Crippen molar-refractivity contribution in [3.8, 4) is 0 Å². The van der Waals surface area contributed by atoms with Crippen molar-refractivity contribution in [3.05, 3.63) is 29.8 Å². The molecule has 5 nitrogen and oxygen atoms in total. The summed E-state index contributed by atoms with van der Waals surface area (Å²) in [6, 6.07) is 7.55. The van der Waals surface area contributed by atoms with E-state index in [-0.39, 0.29) is 18.0 Å². The van der Waals surface area contributed by atoms with Crippen LogP contribution in [-0.2, 0) is 9.53 Å². The summed E-state index contributed by atoms with van der Waals surface area (Å²) in [5.41, 5.74) is 1.69. The highest BCUT2D eigenvalue weighted by Gasteiger charge is 2.14. The molecule has 1 aliphatic heterocycles. The molecule has 1 fully saturated rings. The number of benzene rings is 1. The van der Waals surface area contributed by atoms with Crippen LogP contribution in [0.4, 0.5) is 5.69 Å². The molecule has 0 saturated carbocycles. The van der Waals surface area contributed by atoms with Gasteiger partial charge in [0.2, 0.25) is 5.91 Å². The summed E-state index contributed by atoms with van der Waals surface area (Å²) in [5, 5.41) is 2.63. The fourth-order valence-electron chi connectivity index (χ4n) is 2.54. The van der Waals surface area contributed by atoms with Gasteiger partial charge in [-0.15, -0.1) is 0 Å². The number of carbonyl (C=O) groups excluding carboxylic acids is 2. The maximum absolute atomic E-state index is 12.0. The van der Waals surface area contributed by atoms with Crippen LogP contribution in [0.5, 0.6) is 0 Å². The maximum atomic E-state index is 12.0. The fourth-order valence-corrected chi connectivity index (χ4v) is 2.54. The molecule has 0 radical (unpaired) electrons. The largest absolute Gasteiger partial charge is 0.457 e. The zero-order valence-electron chi connectivity index (χ0n) is 13.3. The monoisotopic (exact) mass is 304 g/mol. The van der Waals surface area contributed by atoms with Gasteiger partial charge in [-0.05, 0) is 50.5 Å². The first-order chi connectivity index (χ1) is 10.6. The van der Waals surface area contributed by atoms with E-state index in [1.807, 2.05) is 12.1 Å². The lowest BCUT2D eigenvalue weighted by Crippen LogP contribution is -2.31. The van der Waals surface area contributed by atoms with Gasteiger partial charge >= 0.3 is 5.97 Å². The van der Waals surface area contributed by atoms with Crippen molar-refractivity contribution < 1.29 is 14.3 Å². The molecule has 1 amide bonds. The van der Waals surface area contributed by atoms with Crippen LogP contribution in [0.3, 0.4) is 0 Å². The molecule has 1 aliphatic rings. The molecular weight excluding hydrogens is 280 g/mol. The molecule has 1 N–H and O–H groups in total. The Morgan fingerprint density at radius 1 is 1.18 bits per heavy atom. The molecule has 1 heterocycles. The second-order valence-electron chi connectivity index (χ2n) is 5.75. The summed E-state index contributed by atoms with van der Waals surface area (Å²) in [4.78, 5) is 25.2. The van der Waals surface area contributed by atoms with Gasteiger partial charge in [-0.1, -0.05) is 0 Å². The third kappa shape index (κ3) is 4.76. The molecule has 5 heteroatoms. The number of nitrogens with zero attached hydrogens (tertiary/aromatic N) is 1. The number of hydrogen-bond acceptors (Lipinski definition) is 4. The number of nitrogens with one attached hydrogen (secondary N) is 1. The van der Waals surface area contributed by atoms with E-state index in [2.05, 4.69) is 10.2 Å². The topological polar surface area (TPSA) is 58.6 Å². The van der Waals surface area contributed by atoms with E-state index in [4.69, 9.17) is 4.74 Å². The average molecular weight is 304 g/mol. The Balaban J connectivity index is 1.89. The van der Waals surface area contributed by atoms with Crippen LogP contribution in [-0.4, -0.2) is 37.6 Å². The van der Waals surface area contributed by atoms with Crippen molar-refractivity contribution in [1.29, 1.82) is 0 Å². The molecule has 1 aromatic carbocycles. The molecule has 22 heavy (non-hydrogen) atoms. The first kappa shape index (κ1) is 16.3. The van der Waals surface area contributed by atoms with Gasteiger partial charge in [-0.3, -0.25) is 4.79 Å². The van der Waals surface area contributed by atoms with Crippen molar-refractivity contribution in [2.24, 2.45) is 0 Å². The molecule has 1 atom stereocenters. The number of rotatable bonds is 5. The van der Waals surface area contributed by atoms with Crippen molar-refractivity contribution >= 4 is 17.6 Å². The Labute approximate surface area is 131 Å². The molecule has 1 unspecified atom stereocenters. The van der Waals surface area contributed by atoms with Gasteiger partial charge in [0.25, 0.3) is 0 Å². The maximum Gasteiger partial charge on any atom is 0.338 e. The van der Waals surface area contributed by atoms with Crippen LogP contribution in [0.25, 0.3) is 0 Å². The SMILES string of the molecule is CC(=O)NCC(C)OC(=O)c1ccc(N2CCCCC2)cc1. The fraction of sp³-hybridized carbons (Fsp3) is 0.529. The highest BCUT2D eigenvalue weighted by atomic mass is 16.5. The van der Waals surface area contributed by atoms with Crippen molar-refractivity contribution in [2.45, 2.75) is 39.2 Å². The zero-order valence-corrected chi connectivity index (χ0v) is 13.3. The average Bonchev–Trinajstić information content (AvgIpc) is 2.54. The minimum absolute atomic E-state index is 0.131. The Hall–Kier alpha value is -2.04. The lowest BCUT2D eigenvalue weighted by Gasteiger charge is -2.28. The quantitative estimate of drug-likeness (QED) is 0.848. The number of amides is 1. The summed E-state index contributed by atoms with van der Waals surface area (Å²) in [7, 11) is 0. The van der Waals surface area contributed by atoms with Gasteiger partial charge < -0.3 is 15.0 Å². The number of esters is 1. The van der Waals surface area contributed by atoms with E-state index in [0.29, 0.717) is 12.1 Å². The minimum Gasteiger partial charge on any atom is -0.457 e. The standard InChI is InChI=1S/C17H24N2O3/c1-13(12-18-14(2)20)22-17(21)15-6-8-16(9-7-15)19-10-4-3-5-11-19/h6-9,13H,3-5,10-12H2,1-2H3,(H,18,20). The number of piperidine rings is 1. The van der Waals surface area contributed by atoms with E-state index in [1.54, 1.807) is 19.1 Å². The molecule has 120 valence electrons. The third-order valence-electron chi connectivity index (χ3n) is 3.77. The Morgan fingerprint density at radius 2 is 1.82 bits per heavy atom. The number of anilines is 1. The Morgan fingerprint density at radius 3 is 2.41 bits per heavy atom. The Bertz CT molecular complexity index is 507. The van der Waals surface area contributed by atoms with E-state index >= 15 is 0 Å². The number of ether oxygens (including phenoxy) is 1. The van der Waals surface area contributed by atoms with Crippen molar-refractivity contribution in [3.63, 3.8) is 0 Å². The normalized spacial score (nSPS) is 16.0. The van der Waals surface area contributed by atoms with E-state index < -0.39 is 0 Å². The van der Waals surface area contributed by atoms with E-state index in [9.17, 15) is 9.59 Å². The first-order valence-electron chi connectivity index (χ1n) is 7.86. The predicted octanol–water partition coefficient (Wildman–Crippen LogP) is 2.36. The number of hydrogen-bond donors (Lipinski definition) is 1. The summed E-state index contributed by atoms with van der Waals surface area (Å²) in [6.07, 6.45) is 3.40. The van der Waals surface area contributed by atoms with Gasteiger partial charge in [0.1, 0.15) is 6.10 Å². The molecule has 0 spiro atoms. The van der Waals surface area contributed by atoms with E-state index in [1.165, 1.54) is 26.2 Å². The highest BCUT2D eigenvalue weighted by Crippen LogP contribution is 2.20. The molecule has 1 aromatic rings. The lowest BCUT2D eigenvalue weighted by atomic mass is 10.1. The molecule has 0 aliphatic carbocycles. The van der Waals surface area contributed by atoms with E-state index in [0.717, 1.165) is 18.8 Å². The highest BCUT2D eigenvalue weighted by molar-refractivity contribution is 5.90. The van der Waals surface area contributed by atoms with Gasteiger partial charge in [0.05, 0.1) is 12.1 Å². The molecule has 0 bridgehead atoms. The van der Waals surface area contributed by atoms with Crippen LogP contribution in [0, 0.1) is 0 Å². The smallest absolute Gasteiger partial charge is 0.338 e. The zero-order chi connectivity index (χ0) is 15.9. The van der Waals surface area contributed by atoms with Gasteiger partial charge in [0.15, 0.2) is 0 Å². The molecule has 1 saturated heterocycles. The first-order valence-corrected chi connectivity index (χ1v) is 7.86. The van der Waals surface area contributed by atoms with Crippen LogP contribution in [0.1, 0.15) is 43.5 Å². The van der Waals surface area contributed by atoms with Crippen LogP contribution in [0.15, 0.2) is 24.3 Å². The lowest BCUT2D eigenvalue weighted by molar-refractivity contribution is -0.119. The van der Waals surface area contributed by atoms with Gasteiger partial charge in [0, 0.05) is 25.7 Å². The van der Waals surface area contributed by atoms with Crippen LogP contribution < -0.4 is 10.2 Å². The molecular formula is C17H24N2O3. The van der Waals surface area contributed by atoms with Crippen molar-refractivity contribution in [1.82, 2.24) is 5.32 Å². The summed E-state index contributed by atoms with van der Waals surface area (Å²) < 4.78 is 5.30. The predicted molar refractivity (Wildman–Crippen MR) is 86.1 cm³/mol. The van der Waals surface area contributed by atoms with Crippen LogP contribution >= 0.6 is 0 Å². The Kier molecular flexibility index (Phi) is 5.81.